The lowest BCUT2D eigenvalue weighted by Crippen LogP contribution is -2.41. The molecule has 1 amide bonds. The Morgan fingerprint density at radius 3 is 2.52 bits per heavy atom. The number of nitrogens with one attached hydrogen (secondary N) is 1. The van der Waals surface area contributed by atoms with E-state index in [1.165, 1.54) is 27.4 Å². The van der Waals surface area contributed by atoms with Crippen LogP contribution in [0.5, 0.6) is 0 Å². The number of hydrogen-bond acceptors (Lipinski definition) is 7. The molecule has 0 spiro atoms. The summed E-state index contributed by atoms with van der Waals surface area (Å²) in [6, 6.07) is 8.38. The van der Waals surface area contributed by atoms with Crippen LogP contribution in [-0.4, -0.2) is 48.2 Å². The quantitative estimate of drug-likeness (QED) is 0.614. The molecule has 1 fully saturated rings. The van der Waals surface area contributed by atoms with E-state index in [0.717, 1.165) is 4.34 Å². The Kier molecular flexibility index (Phi) is 5.72. The molecule has 0 atom stereocenters. The Balaban J connectivity index is 1.59. The molecule has 1 N–H and O–H groups in total. The highest BCUT2D eigenvalue weighted by Crippen LogP contribution is 2.27. The first kappa shape index (κ1) is 18.3. The number of aromatic nitrogens is 2. The molecule has 3 rings (SSSR count). The highest BCUT2D eigenvalue weighted by atomic mass is 32.2. The lowest BCUT2D eigenvalue weighted by molar-refractivity contribution is -0.120. The van der Waals surface area contributed by atoms with Gasteiger partial charge in [-0.3, -0.25) is 4.79 Å². The predicted molar refractivity (Wildman–Crippen MR) is 98.2 cm³/mol. The van der Waals surface area contributed by atoms with E-state index in [9.17, 15) is 13.2 Å². The molecular formula is C15H18N4O3S3. The molecule has 1 aromatic carbocycles. The predicted octanol–water partition coefficient (Wildman–Crippen LogP) is 2.30. The Morgan fingerprint density at radius 2 is 1.92 bits per heavy atom. The van der Waals surface area contributed by atoms with E-state index < -0.39 is 10.0 Å². The first-order chi connectivity index (χ1) is 12.0. The normalized spacial score (nSPS) is 16.7. The molecule has 0 bridgehead atoms. The van der Waals surface area contributed by atoms with Crippen molar-refractivity contribution in [2.75, 3.05) is 24.7 Å². The van der Waals surface area contributed by atoms with Crippen LogP contribution in [-0.2, 0) is 14.8 Å². The average Bonchev–Trinajstić information content (AvgIpc) is 3.10. The lowest BCUT2D eigenvalue weighted by Gasteiger charge is -2.30. The third kappa shape index (κ3) is 4.20. The Labute approximate surface area is 154 Å². The summed E-state index contributed by atoms with van der Waals surface area (Å²) >= 11 is 2.80. The zero-order valence-corrected chi connectivity index (χ0v) is 16.0. The minimum atomic E-state index is -3.49. The fourth-order valence-corrected chi connectivity index (χ4v) is 5.31. The van der Waals surface area contributed by atoms with Gasteiger partial charge in [-0.1, -0.05) is 41.3 Å². The van der Waals surface area contributed by atoms with Gasteiger partial charge in [-0.15, -0.1) is 10.2 Å². The molecule has 1 aliphatic heterocycles. The van der Waals surface area contributed by atoms with Crippen LogP contribution >= 0.6 is 23.1 Å². The maximum absolute atomic E-state index is 12.6. The average molecular weight is 399 g/mol. The summed E-state index contributed by atoms with van der Waals surface area (Å²) in [4.78, 5) is 12.6. The van der Waals surface area contributed by atoms with Crippen molar-refractivity contribution in [3.8, 4) is 0 Å². The van der Waals surface area contributed by atoms with Gasteiger partial charge in [0, 0.05) is 19.0 Å². The number of rotatable bonds is 5. The van der Waals surface area contributed by atoms with Crippen molar-refractivity contribution in [1.29, 1.82) is 0 Å². The van der Waals surface area contributed by atoms with Crippen molar-refractivity contribution < 1.29 is 13.2 Å². The van der Waals surface area contributed by atoms with Gasteiger partial charge in [0.15, 0.2) is 4.34 Å². The molecule has 2 heterocycles. The number of nitrogens with zero attached hydrogens (tertiary/aromatic N) is 3. The third-order valence-electron chi connectivity index (χ3n) is 4.02. The van der Waals surface area contributed by atoms with Crippen molar-refractivity contribution in [2.24, 2.45) is 5.92 Å². The molecule has 0 unspecified atom stereocenters. The number of sulfonamides is 1. The molecule has 7 nitrogen and oxygen atoms in total. The van der Waals surface area contributed by atoms with Crippen LogP contribution in [0.1, 0.15) is 12.8 Å². The number of piperidine rings is 1. The summed E-state index contributed by atoms with van der Waals surface area (Å²) in [7, 11) is -3.49. The van der Waals surface area contributed by atoms with Crippen LogP contribution in [0.15, 0.2) is 39.6 Å². The van der Waals surface area contributed by atoms with E-state index in [4.69, 9.17) is 0 Å². The zero-order valence-electron chi connectivity index (χ0n) is 13.6. The van der Waals surface area contributed by atoms with Gasteiger partial charge in [0.2, 0.25) is 21.1 Å². The number of hydrogen-bond donors (Lipinski definition) is 1. The Morgan fingerprint density at radius 1 is 1.24 bits per heavy atom. The van der Waals surface area contributed by atoms with E-state index in [1.54, 1.807) is 30.3 Å². The SMILES string of the molecule is CSc1nnc(NC(=O)C2CCN(S(=O)(=O)c3ccccc3)CC2)s1. The van der Waals surface area contributed by atoms with Gasteiger partial charge >= 0.3 is 0 Å². The summed E-state index contributed by atoms with van der Waals surface area (Å²) in [6.45, 7) is 0.670. The minimum Gasteiger partial charge on any atom is -0.300 e. The highest BCUT2D eigenvalue weighted by molar-refractivity contribution is 8.00. The summed E-state index contributed by atoms with van der Waals surface area (Å²) < 4.78 is 27.4. The Bertz CT molecular complexity index is 831. The van der Waals surface area contributed by atoms with Gasteiger partial charge in [0.05, 0.1) is 4.90 Å². The summed E-state index contributed by atoms with van der Waals surface area (Å²) in [5.41, 5.74) is 0. The number of benzene rings is 1. The molecular weight excluding hydrogens is 380 g/mol. The number of thioether (sulfide) groups is 1. The first-order valence-electron chi connectivity index (χ1n) is 7.74. The van der Waals surface area contributed by atoms with Crippen LogP contribution in [0.4, 0.5) is 5.13 Å². The van der Waals surface area contributed by atoms with E-state index in [0.29, 0.717) is 31.1 Å². The molecule has 2 aromatic rings. The topological polar surface area (TPSA) is 92.3 Å². The van der Waals surface area contributed by atoms with E-state index in [-0.39, 0.29) is 16.7 Å². The van der Waals surface area contributed by atoms with Gasteiger partial charge in [0.1, 0.15) is 0 Å². The number of carbonyl (C=O) groups excluding carboxylic acids is 1. The number of anilines is 1. The van der Waals surface area contributed by atoms with Crippen LogP contribution in [0.3, 0.4) is 0 Å². The second-order valence-corrected chi connectivity index (χ2v) is 9.53. The third-order valence-corrected chi connectivity index (χ3v) is 7.74. The van der Waals surface area contributed by atoms with Crippen LogP contribution in [0.25, 0.3) is 0 Å². The van der Waals surface area contributed by atoms with Gasteiger partial charge in [-0.25, -0.2) is 8.42 Å². The molecule has 1 aromatic heterocycles. The second kappa shape index (κ2) is 7.81. The fourth-order valence-electron chi connectivity index (χ4n) is 2.65. The summed E-state index contributed by atoms with van der Waals surface area (Å²) in [5.74, 6) is -0.343. The van der Waals surface area contributed by atoms with E-state index in [1.807, 2.05) is 6.26 Å². The monoisotopic (exact) mass is 398 g/mol. The van der Waals surface area contributed by atoms with Crippen molar-refractivity contribution in [1.82, 2.24) is 14.5 Å². The molecule has 1 saturated heterocycles. The van der Waals surface area contributed by atoms with Crippen LogP contribution in [0, 0.1) is 5.92 Å². The van der Waals surface area contributed by atoms with Gasteiger partial charge < -0.3 is 5.32 Å². The highest BCUT2D eigenvalue weighted by Gasteiger charge is 2.32. The molecule has 0 saturated carbocycles. The maximum Gasteiger partial charge on any atom is 0.243 e. The van der Waals surface area contributed by atoms with Crippen molar-refractivity contribution in [3.63, 3.8) is 0 Å². The first-order valence-corrected chi connectivity index (χ1v) is 11.2. The van der Waals surface area contributed by atoms with Gasteiger partial charge in [-0.05, 0) is 31.2 Å². The molecule has 0 aliphatic carbocycles. The van der Waals surface area contributed by atoms with Gasteiger partial charge in [0.25, 0.3) is 0 Å². The maximum atomic E-state index is 12.6. The molecule has 1 aliphatic rings. The largest absolute Gasteiger partial charge is 0.300 e. The van der Waals surface area contributed by atoms with E-state index in [2.05, 4.69) is 15.5 Å². The van der Waals surface area contributed by atoms with Gasteiger partial charge in [-0.2, -0.15) is 4.31 Å². The zero-order chi connectivity index (χ0) is 17.9. The lowest BCUT2D eigenvalue weighted by atomic mass is 9.97. The van der Waals surface area contributed by atoms with Crippen molar-refractivity contribution in [2.45, 2.75) is 22.1 Å². The fraction of sp³-hybridized carbons (Fsp3) is 0.400. The molecule has 0 radical (unpaired) electrons. The van der Waals surface area contributed by atoms with Crippen LogP contribution in [0.2, 0.25) is 0 Å². The number of amides is 1. The Hall–Kier alpha value is -1.49. The van der Waals surface area contributed by atoms with Crippen molar-refractivity contribution in [3.05, 3.63) is 30.3 Å². The number of carbonyl (C=O) groups is 1. The smallest absolute Gasteiger partial charge is 0.243 e. The molecule has 134 valence electrons. The van der Waals surface area contributed by atoms with Crippen molar-refractivity contribution >= 4 is 44.2 Å². The summed E-state index contributed by atoms with van der Waals surface area (Å²) in [5, 5.41) is 11.1. The van der Waals surface area contributed by atoms with Crippen LogP contribution < -0.4 is 5.32 Å². The van der Waals surface area contributed by atoms with E-state index >= 15 is 0 Å². The standard InChI is InChI=1S/C15H18N4O3S3/c1-23-15-18-17-14(24-15)16-13(20)11-7-9-19(10-8-11)25(21,22)12-5-3-2-4-6-12/h2-6,11H,7-10H2,1H3,(H,16,17,20). The minimum absolute atomic E-state index is 0.124. The molecule has 25 heavy (non-hydrogen) atoms. The molecule has 10 heteroatoms. The summed E-state index contributed by atoms with van der Waals surface area (Å²) in [6.07, 6.45) is 2.88. The second-order valence-electron chi connectivity index (χ2n) is 5.56.